The number of piperidine rings is 1. The van der Waals surface area contributed by atoms with Gasteiger partial charge >= 0.3 is 0 Å². The Bertz CT molecular complexity index is 1090. The van der Waals surface area contributed by atoms with Gasteiger partial charge in [-0.1, -0.05) is 48.4 Å². The van der Waals surface area contributed by atoms with Crippen molar-refractivity contribution >= 4 is 33.6 Å². The lowest BCUT2D eigenvalue weighted by molar-refractivity contribution is -0.127. The van der Waals surface area contributed by atoms with E-state index < -0.39 is 10.0 Å². The maximum Gasteiger partial charge on any atom is 0.246 e. The quantitative estimate of drug-likeness (QED) is 0.571. The number of hydrogen-bond acceptors (Lipinski definition) is 4. The van der Waals surface area contributed by atoms with Crippen LogP contribution in [-0.2, 0) is 21.4 Å². The lowest BCUT2D eigenvalue weighted by atomic mass is 10.0. The summed E-state index contributed by atoms with van der Waals surface area (Å²) in [6, 6.07) is 8.15. The molecule has 3 rings (SSSR count). The Kier molecular flexibility index (Phi) is 7.79. The average Bonchev–Trinajstić information content (AvgIpc) is 3.00. The Morgan fingerprint density at radius 3 is 2.41 bits per heavy atom. The van der Waals surface area contributed by atoms with E-state index in [4.69, 9.17) is 11.6 Å². The van der Waals surface area contributed by atoms with E-state index in [2.05, 4.69) is 29.4 Å². The predicted molar refractivity (Wildman–Crippen MR) is 128 cm³/mol. The van der Waals surface area contributed by atoms with Crippen LogP contribution in [0, 0.1) is 13.8 Å². The first-order valence-corrected chi connectivity index (χ1v) is 13.0. The van der Waals surface area contributed by atoms with Gasteiger partial charge in [-0.15, -0.1) is 0 Å². The summed E-state index contributed by atoms with van der Waals surface area (Å²) in [7, 11) is -3.24. The number of sulfonamides is 1. The van der Waals surface area contributed by atoms with Gasteiger partial charge in [0.25, 0.3) is 0 Å². The molecule has 1 aromatic heterocycles. The van der Waals surface area contributed by atoms with E-state index in [9.17, 15) is 13.2 Å². The van der Waals surface area contributed by atoms with Gasteiger partial charge in [-0.25, -0.2) is 13.1 Å². The van der Waals surface area contributed by atoms with E-state index >= 15 is 0 Å². The highest BCUT2D eigenvalue weighted by atomic mass is 35.5. The van der Waals surface area contributed by atoms with Crippen LogP contribution < -0.4 is 0 Å². The van der Waals surface area contributed by atoms with Crippen LogP contribution in [0.2, 0.25) is 5.15 Å². The molecule has 1 amide bonds. The van der Waals surface area contributed by atoms with Crippen molar-refractivity contribution in [3.05, 3.63) is 57.9 Å². The zero-order valence-electron chi connectivity index (χ0n) is 19.1. The number of benzene rings is 1. The van der Waals surface area contributed by atoms with Gasteiger partial charge in [0.1, 0.15) is 5.15 Å². The number of halogens is 1. The van der Waals surface area contributed by atoms with Crippen LogP contribution in [0.4, 0.5) is 0 Å². The second kappa shape index (κ2) is 10.2. The second-order valence-electron chi connectivity index (χ2n) is 8.29. The molecule has 0 bridgehead atoms. The fourth-order valence-electron chi connectivity index (χ4n) is 4.13. The molecule has 0 spiro atoms. The van der Waals surface area contributed by atoms with Crippen molar-refractivity contribution < 1.29 is 13.2 Å². The third kappa shape index (κ3) is 5.79. The van der Waals surface area contributed by atoms with Crippen LogP contribution >= 0.6 is 11.6 Å². The van der Waals surface area contributed by atoms with Gasteiger partial charge in [-0.2, -0.15) is 9.40 Å². The van der Waals surface area contributed by atoms with Crippen LogP contribution in [0.25, 0.3) is 6.08 Å². The van der Waals surface area contributed by atoms with Crippen LogP contribution in [0.15, 0.2) is 30.3 Å². The predicted octanol–water partition coefficient (Wildman–Crippen LogP) is 3.49. The molecule has 32 heavy (non-hydrogen) atoms. The maximum absolute atomic E-state index is 12.7. The highest BCUT2D eigenvalue weighted by molar-refractivity contribution is 7.88. The smallest absolute Gasteiger partial charge is 0.246 e. The molecule has 1 saturated heterocycles. The average molecular weight is 479 g/mol. The zero-order valence-corrected chi connectivity index (χ0v) is 20.7. The molecule has 2 heterocycles. The van der Waals surface area contributed by atoms with Crippen molar-refractivity contribution in [2.24, 2.45) is 0 Å². The van der Waals surface area contributed by atoms with Crippen LogP contribution in [0.5, 0.6) is 0 Å². The molecular formula is C23H31ClN4O3S. The first-order valence-electron chi connectivity index (χ1n) is 10.8. The van der Waals surface area contributed by atoms with Gasteiger partial charge in [-0.05, 0) is 38.3 Å². The summed E-state index contributed by atoms with van der Waals surface area (Å²) in [6.45, 7) is 7.82. The van der Waals surface area contributed by atoms with Crippen LogP contribution in [0.3, 0.4) is 0 Å². The number of carbonyl (C=O) groups is 1. The van der Waals surface area contributed by atoms with E-state index in [1.54, 1.807) is 15.7 Å². The summed E-state index contributed by atoms with van der Waals surface area (Å²) in [5.74, 6) is -0.104. The fraction of sp³-hybridized carbons (Fsp3) is 0.478. The lowest BCUT2D eigenvalue weighted by Gasteiger charge is -2.36. The van der Waals surface area contributed by atoms with Gasteiger partial charge in [0.05, 0.1) is 18.5 Å². The third-order valence-corrected chi connectivity index (χ3v) is 7.68. The molecule has 0 radical (unpaired) electrons. The molecule has 9 heteroatoms. The summed E-state index contributed by atoms with van der Waals surface area (Å²) in [6.07, 6.45) is 5.76. The Balaban J connectivity index is 1.63. The molecule has 2 aromatic rings. The number of amides is 1. The molecule has 0 unspecified atom stereocenters. The topological polar surface area (TPSA) is 75.5 Å². The minimum atomic E-state index is -3.24. The number of carbonyl (C=O) groups excluding carboxylic acids is 1. The molecule has 1 aliphatic heterocycles. The fourth-order valence-corrected chi connectivity index (χ4v) is 5.64. The summed E-state index contributed by atoms with van der Waals surface area (Å²) in [4.78, 5) is 14.5. The minimum absolute atomic E-state index is 0.0558. The van der Waals surface area contributed by atoms with Crippen molar-refractivity contribution in [3.63, 3.8) is 0 Å². The molecule has 0 N–H and O–H groups in total. The Morgan fingerprint density at radius 1 is 1.22 bits per heavy atom. The molecule has 7 nitrogen and oxygen atoms in total. The molecule has 0 saturated carbocycles. The monoisotopic (exact) mass is 478 g/mol. The van der Waals surface area contributed by atoms with Crippen LogP contribution in [0.1, 0.15) is 42.1 Å². The van der Waals surface area contributed by atoms with E-state index in [-0.39, 0.29) is 11.9 Å². The zero-order chi connectivity index (χ0) is 23.5. The van der Waals surface area contributed by atoms with E-state index in [0.29, 0.717) is 44.2 Å². The number of aryl methyl sites for hydroxylation is 2. The standard InChI is InChI=1S/C23H31ClN4O3S/c1-5-28(32(4,30)31)20-12-14-26(15-13-20)22(29)11-10-21-18(3)25-27(23(21)24)16-19-8-6-17(2)7-9-19/h6-11,20H,5,12-16H2,1-4H3. The number of nitrogens with zero attached hydrogens (tertiary/aromatic N) is 4. The van der Waals surface area contributed by atoms with Crippen LogP contribution in [-0.4, -0.2) is 65.2 Å². The van der Waals surface area contributed by atoms with Crippen molar-refractivity contribution in [1.82, 2.24) is 19.0 Å². The number of likely N-dealkylation sites (tertiary alicyclic amines) is 1. The van der Waals surface area contributed by atoms with Gasteiger partial charge in [0.15, 0.2) is 0 Å². The molecule has 1 aliphatic rings. The molecule has 0 atom stereocenters. The summed E-state index contributed by atoms with van der Waals surface area (Å²) in [5.41, 5.74) is 3.79. The number of aromatic nitrogens is 2. The van der Waals surface area contributed by atoms with Crippen molar-refractivity contribution in [1.29, 1.82) is 0 Å². The Hall–Kier alpha value is -2.16. The lowest BCUT2D eigenvalue weighted by Crippen LogP contribution is -2.48. The Labute approximate surface area is 195 Å². The SMILES string of the molecule is CCN(C1CCN(C(=O)C=Cc2c(C)nn(Cc3ccc(C)cc3)c2Cl)CC1)S(C)(=O)=O. The highest BCUT2D eigenvalue weighted by Gasteiger charge is 2.30. The van der Waals surface area contributed by atoms with Gasteiger partial charge in [0.2, 0.25) is 15.9 Å². The molecule has 174 valence electrons. The van der Waals surface area contributed by atoms with Crippen molar-refractivity contribution in [2.45, 2.75) is 46.2 Å². The second-order valence-corrected chi connectivity index (χ2v) is 10.6. The summed E-state index contributed by atoms with van der Waals surface area (Å²) < 4.78 is 27.2. The largest absolute Gasteiger partial charge is 0.339 e. The van der Waals surface area contributed by atoms with Gasteiger partial charge in [0, 0.05) is 37.3 Å². The van der Waals surface area contributed by atoms with Crippen molar-refractivity contribution in [2.75, 3.05) is 25.9 Å². The molecular weight excluding hydrogens is 448 g/mol. The highest BCUT2D eigenvalue weighted by Crippen LogP contribution is 2.23. The van der Waals surface area contributed by atoms with E-state index in [0.717, 1.165) is 16.8 Å². The molecule has 0 aliphatic carbocycles. The van der Waals surface area contributed by atoms with E-state index in [1.165, 1.54) is 22.2 Å². The molecule has 1 fully saturated rings. The van der Waals surface area contributed by atoms with E-state index in [1.807, 2.05) is 20.8 Å². The minimum Gasteiger partial charge on any atom is -0.339 e. The van der Waals surface area contributed by atoms with Gasteiger partial charge in [-0.3, -0.25) is 4.79 Å². The third-order valence-electron chi connectivity index (χ3n) is 5.88. The normalized spacial score (nSPS) is 15.8. The number of hydrogen-bond donors (Lipinski definition) is 0. The maximum atomic E-state index is 12.7. The van der Waals surface area contributed by atoms with Gasteiger partial charge < -0.3 is 4.90 Å². The Morgan fingerprint density at radius 2 is 1.84 bits per heavy atom. The summed E-state index contributed by atoms with van der Waals surface area (Å²) in [5, 5.41) is 5.02. The summed E-state index contributed by atoms with van der Waals surface area (Å²) >= 11 is 6.55. The number of rotatable bonds is 7. The first-order chi connectivity index (χ1) is 15.1. The van der Waals surface area contributed by atoms with Crippen molar-refractivity contribution in [3.8, 4) is 0 Å². The molecule has 1 aromatic carbocycles. The first kappa shape index (κ1) is 24.5.